The summed E-state index contributed by atoms with van der Waals surface area (Å²) in [5.41, 5.74) is 0.123. The highest BCUT2D eigenvalue weighted by atomic mass is 16.7. The number of carbonyl (C=O) groups excluding carboxylic acids is 1. The van der Waals surface area contributed by atoms with Gasteiger partial charge in [0.25, 0.3) is 0 Å². The Morgan fingerprint density at radius 3 is 2.36 bits per heavy atom. The van der Waals surface area contributed by atoms with Crippen molar-refractivity contribution >= 4 is 11.9 Å². The van der Waals surface area contributed by atoms with E-state index in [-0.39, 0.29) is 47.2 Å². The van der Waals surface area contributed by atoms with E-state index in [0.29, 0.717) is 30.1 Å². The van der Waals surface area contributed by atoms with Gasteiger partial charge in [0, 0.05) is 13.3 Å². The number of aliphatic hydroxyl groups is 4. The number of carbonyl (C=O) groups is 2. The Hall–Kier alpha value is -1.30. The van der Waals surface area contributed by atoms with Gasteiger partial charge >= 0.3 is 5.97 Å². The Morgan fingerprint density at radius 1 is 1.00 bits per heavy atom. The lowest BCUT2D eigenvalue weighted by Gasteiger charge is -2.63. The molecule has 0 spiro atoms. The molecule has 0 aromatic rings. The van der Waals surface area contributed by atoms with Gasteiger partial charge in [0.2, 0.25) is 5.91 Å². The van der Waals surface area contributed by atoms with Crippen LogP contribution >= 0.6 is 0 Å². The molecule has 10 heteroatoms. The van der Waals surface area contributed by atoms with E-state index >= 15 is 0 Å². The first-order valence-electron chi connectivity index (χ1n) is 16.2. The minimum absolute atomic E-state index is 0.0475. The van der Waals surface area contributed by atoms with Crippen molar-refractivity contribution in [2.75, 3.05) is 6.61 Å². The zero-order valence-corrected chi connectivity index (χ0v) is 25.7. The van der Waals surface area contributed by atoms with Crippen LogP contribution in [0.3, 0.4) is 0 Å². The van der Waals surface area contributed by atoms with Crippen molar-refractivity contribution in [3.63, 3.8) is 0 Å². The molecule has 5 rings (SSSR count). The first-order chi connectivity index (χ1) is 19.8. The van der Waals surface area contributed by atoms with E-state index in [1.54, 1.807) is 0 Å². The Balaban J connectivity index is 1.47. The Labute approximate surface area is 249 Å². The minimum Gasteiger partial charge on any atom is -0.481 e. The number of amides is 1. The van der Waals surface area contributed by atoms with Crippen LogP contribution in [0.2, 0.25) is 0 Å². The Morgan fingerprint density at radius 2 is 1.69 bits per heavy atom. The van der Waals surface area contributed by atoms with Crippen LogP contribution in [-0.4, -0.2) is 86.9 Å². The van der Waals surface area contributed by atoms with Crippen molar-refractivity contribution in [1.82, 2.24) is 5.32 Å². The van der Waals surface area contributed by atoms with E-state index < -0.39 is 43.2 Å². The molecule has 1 amide bonds. The molecule has 1 heterocycles. The number of aliphatic carboxylic acids is 1. The average molecular weight is 596 g/mol. The van der Waals surface area contributed by atoms with Gasteiger partial charge in [-0.3, -0.25) is 9.59 Å². The number of nitrogens with one attached hydrogen (secondary N) is 1. The smallest absolute Gasteiger partial charge is 0.303 e. The molecule has 4 saturated carbocycles. The maximum absolute atomic E-state index is 12.1. The molecule has 6 N–H and O–H groups in total. The summed E-state index contributed by atoms with van der Waals surface area (Å²) in [4.78, 5) is 23.5. The first-order valence-corrected chi connectivity index (χ1v) is 16.2. The summed E-state index contributed by atoms with van der Waals surface area (Å²) in [6.45, 7) is 7.86. The number of carboxylic acids is 1. The molecule has 0 aromatic heterocycles. The summed E-state index contributed by atoms with van der Waals surface area (Å²) >= 11 is 0. The second kappa shape index (κ2) is 12.2. The van der Waals surface area contributed by atoms with Gasteiger partial charge in [0.05, 0.1) is 18.8 Å². The third kappa shape index (κ3) is 5.65. The lowest BCUT2D eigenvalue weighted by Crippen LogP contribution is -2.66. The molecule has 0 bridgehead atoms. The van der Waals surface area contributed by atoms with Gasteiger partial charge in [0.1, 0.15) is 24.4 Å². The molecule has 0 aromatic carbocycles. The predicted molar refractivity (Wildman–Crippen MR) is 153 cm³/mol. The van der Waals surface area contributed by atoms with E-state index in [1.165, 1.54) is 6.92 Å². The molecule has 5 aliphatic rings. The van der Waals surface area contributed by atoms with Gasteiger partial charge in [0.15, 0.2) is 6.29 Å². The maximum atomic E-state index is 12.1. The van der Waals surface area contributed by atoms with E-state index in [1.807, 2.05) is 0 Å². The summed E-state index contributed by atoms with van der Waals surface area (Å²) in [5.74, 6) is 0.814. The molecule has 0 unspecified atom stereocenters. The lowest BCUT2D eigenvalue weighted by atomic mass is 9.43. The van der Waals surface area contributed by atoms with Crippen LogP contribution in [0.5, 0.6) is 0 Å². The van der Waals surface area contributed by atoms with Crippen molar-refractivity contribution in [1.29, 1.82) is 0 Å². The fourth-order valence-corrected chi connectivity index (χ4v) is 10.6. The van der Waals surface area contributed by atoms with Crippen LogP contribution in [0.15, 0.2) is 0 Å². The lowest BCUT2D eigenvalue weighted by molar-refractivity contribution is -0.304. The Kier molecular flexibility index (Phi) is 9.36. The molecular formula is C32H53NO9. The van der Waals surface area contributed by atoms with Crippen molar-refractivity contribution in [2.24, 2.45) is 46.3 Å². The standard InChI is InChI=1S/C32H53NO9/c1-16(5-8-25(37)38)20-6-7-21-26-22(10-12-32(20,21)4)31(3)11-9-19(36)13-18(31)14-23(26)41-30-27(33-17(2)35)29(40)28(39)24(15-34)42-30/h16,18-24,26-30,34,36,39-40H,5-15H2,1-4H3,(H,33,35)(H,37,38)/t16-,18+,19-,20-,21+,22+,23+,24-,26+,27-,28-,29-,30-,31+,32-/m1/s1. The van der Waals surface area contributed by atoms with Crippen molar-refractivity contribution in [3.05, 3.63) is 0 Å². The number of aliphatic hydroxyl groups excluding tert-OH is 4. The van der Waals surface area contributed by atoms with Gasteiger partial charge < -0.3 is 40.3 Å². The molecule has 15 atom stereocenters. The SMILES string of the molecule is CC(=O)N[C@H]1[C@H](O[C@H]2C[C@@H]3C[C@H](O)CC[C@]3(C)[C@H]3CC[C@]4(C)[C@@H]([C@H](C)CCC(=O)O)CC[C@H]4[C@H]23)O[C@H](CO)[C@@H](O)[C@@H]1O. The van der Waals surface area contributed by atoms with Crippen LogP contribution in [0.4, 0.5) is 0 Å². The first kappa shape index (κ1) is 32.1. The van der Waals surface area contributed by atoms with Crippen molar-refractivity contribution in [2.45, 2.75) is 135 Å². The van der Waals surface area contributed by atoms with Crippen LogP contribution < -0.4 is 5.32 Å². The maximum Gasteiger partial charge on any atom is 0.303 e. The summed E-state index contributed by atoms with van der Waals surface area (Å²) in [6, 6.07) is -0.994. The van der Waals surface area contributed by atoms with Crippen molar-refractivity contribution in [3.8, 4) is 0 Å². The quantitative estimate of drug-likeness (QED) is 0.231. The second-order valence-corrected chi connectivity index (χ2v) is 14.9. The summed E-state index contributed by atoms with van der Waals surface area (Å²) in [6.07, 6.45) is 2.90. The average Bonchev–Trinajstić information content (AvgIpc) is 3.29. The zero-order valence-electron chi connectivity index (χ0n) is 25.7. The summed E-state index contributed by atoms with van der Waals surface area (Å²) in [7, 11) is 0. The van der Waals surface area contributed by atoms with Gasteiger partial charge in [-0.1, -0.05) is 20.8 Å². The van der Waals surface area contributed by atoms with Crippen LogP contribution in [0.1, 0.15) is 91.9 Å². The molecule has 10 nitrogen and oxygen atoms in total. The predicted octanol–water partition coefficient (Wildman–Crippen LogP) is 2.45. The molecule has 42 heavy (non-hydrogen) atoms. The van der Waals surface area contributed by atoms with Crippen molar-refractivity contribution < 1.29 is 44.6 Å². The number of rotatable bonds is 8. The van der Waals surface area contributed by atoms with Gasteiger partial charge in [-0.25, -0.2) is 0 Å². The highest BCUT2D eigenvalue weighted by Crippen LogP contribution is 2.69. The van der Waals surface area contributed by atoms with Crippen LogP contribution in [0, 0.1) is 46.3 Å². The number of ether oxygens (including phenoxy) is 2. The monoisotopic (exact) mass is 595 g/mol. The summed E-state index contributed by atoms with van der Waals surface area (Å²) in [5, 5.41) is 54.1. The van der Waals surface area contributed by atoms with E-state index in [0.717, 1.165) is 51.4 Å². The summed E-state index contributed by atoms with van der Waals surface area (Å²) < 4.78 is 12.9. The number of fused-ring (bicyclic) bond motifs is 5. The highest BCUT2D eigenvalue weighted by Gasteiger charge is 2.64. The molecule has 1 aliphatic heterocycles. The molecule has 4 aliphatic carbocycles. The van der Waals surface area contributed by atoms with Gasteiger partial charge in [-0.2, -0.15) is 0 Å². The molecule has 0 radical (unpaired) electrons. The molecule has 240 valence electrons. The number of carboxylic acid groups (broad SMARTS) is 1. The zero-order chi connectivity index (χ0) is 30.6. The second-order valence-electron chi connectivity index (χ2n) is 14.9. The fourth-order valence-electron chi connectivity index (χ4n) is 10.6. The minimum atomic E-state index is -1.37. The molecule has 5 fully saturated rings. The van der Waals surface area contributed by atoms with Gasteiger partial charge in [-0.05, 0) is 104 Å². The largest absolute Gasteiger partial charge is 0.481 e. The normalized spacial score (nSPS) is 49.3. The van der Waals surface area contributed by atoms with Gasteiger partial charge in [-0.15, -0.1) is 0 Å². The van der Waals surface area contributed by atoms with E-state index in [9.17, 15) is 35.1 Å². The highest BCUT2D eigenvalue weighted by molar-refractivity contribution is 5.73. The Bertz CT molecular complexity index is 995. The molecule has 1 saturated heterocycles. The molecular weight excluding hydrogens is 542 g/mol. The topological polar surface area (TPSA) is 166 Å². The number of hydrogen-bond acceptors (Lipinski definition) is 8. The third-order valence-corrected chi connectivity index (χ3v) is 12.8. The third-order valence-electron chi connectivity index (χ3n) is 12.8. The van der Waals surface area contributed by atoms with Crippen LogP contribution in [0.25, 0.3) is 0 Å². The van der Waals surface area contributed by atoms with E-state index in [2.05, 4.69) is 26.1 Å². The number of hydrogen-bond donors (Lipinski definition) is 6. The van der Waals surface area contributed by atoms with E-state index in [4.69, 9.17) is 9.47 Å². The fraction of sp³-hybridized carbons (Fsp3) is 0.938. The van der Waals surface area contributed by atoms with Crippen LogP contribution in [-0.2, 0) is 19.1 Å².